The van der Waals surface area contributed by atoms with E-state index in [1.165, 1.54) is 0 Å². The monoisotopic (exact) mass is 149 g/mol. The Labute approximate surface area is 65.9 Å². The van der Waals surface area contributed by atoms with Gasteiger partial charge in [0, 0.05) is 25.6 Å². The Bertz CT molecular complexity index is 250. The van der Waals surface area contributed by atoms with Crippen molar-refractivity contribution in [1.29, 1.82) is 0 Å². The van der Waals surface area contributed by atoms with Crippen molar-refractivity contribution in [3.8, 4) is 0 Å². The normalized spacial score (nSPS) is 16.5. The van der Waals surface area contributed by atoms with Crippen LogP contribution < -0.4 is 4.90 Å². The van der Waals surface area contributed by atoms with Crippen LogP contribution in [0.1, 0.15) is 0 Å². The van der Waals surface area contributed by atoms with Crippen LogP contribution in [0.2, 0.25) is 0 Å². The third-order valence-electron chi connectivity index (χ3n) is 1.77. The molecule has 3 nitrogen and oxygen atoms in total. The molecule has 0 saturated carbocycles. The summed E-state index contributed by atoms with van der Waals surface area (Å²) in [6.45, 7) is 0.931. The molecule has 0 unspecified atom stereocenters. The van der Waals surface area contributed by atoms with E-state index in [0.29, 0.717) is 0 Å². The molecule has 0 aromatic carbocycles. The number of nitrogens with zero attached hydrogens (tertiary/aromatic N) is 2. The van der Waals surface area contributed by atoms with Crippen molar-refractivity contribution in [3.05, 3.63) is 30.7 Å². The fourth-order valence-corrected chi connectivity index (χ4v) is 1.18. The van der Waals surface area contributed by atoms with Gasteiger partial charge in [-0.05, 0) is 12.1 Å². The minimum absolute atomic E-state index is 0.931. The molecule has 1 aliphatic rings. The van der Waals surface area contributed by atoms with Crippen molar-refractivity contribution >= 4 is 5.82 Å². The summed E-state index contributed by atoms with van der Waals surface area (Å²) in [5, 5.41) is 0. The molecule has 2 rings (SSSR count). The summed E-state index contributed by atoms with van der Waals surface area (Å²) in [6, 6.07) is 4.06. The van der Waals surface area contributed by atoms with Crippen LogP contribution in [0.25, 0.3) is 0 Å². The summed E-state index contributed by atoms with van der Waals surface area (Å²) in [5.41, 5.74) is 0. The van der Waals surface area contributed by atoms with Crippen LogP contribution >= 0.6 is 0 Å². The first-order valence-electron chi connectivity index (χ1n) is 3.65. The number of anilines is 1. The smallest absolute Gasteiger partial charge is 0.111 e. The maximum atomic E-state index is 3.15. The van der Waals surface area contributed by atoms with Gasteiger partial charge in [-0.2, -0.15) is 0 Å². The van der Waals surface area contributed by atoms with Crippen molar-refractivity contribution < 1.29 is 0 Å². The van der Waals surface area contributed by atoms with E-state index in [9.17, 15) is 0 Å². The summed E-state index contributed by atoms with van der Waals surface area (Å²) in [5.74, 6) is 1.14. The third-order valence-corrected chi connectivity index (χ3v) is 1.77. The van der Waals surface area contributed by atoms with Crippen LogP contribution in [0.4, 0.5) is 5.82 Å². The fraction of sp³-hybridized carbons (Fsp3) is 0.250. The molecule has 0 atom stereocenters. The molecule has 2 heterocycles. The van der Waals surface area contributed by atoms with Gasteiger partial charge in [0.1, 0.15) is 5.82 Å². The summed E-state index contributed by atoms with van der Waals surface area (Å²) in [6.07, 6.45) is 6.05. The van der Waals surface area contributed by atoms with Gasteiger partial charge in [-0.3, -0.25) is 0 Å². The largest absolute Gasteiger partial charge is 0.361 e. The average molecular weight is 149 g/mol. The van der Waals surface area contributed by atoms with Crippen molar-refractivity contribution in [1.82, 2.24) is 9.88 Å². The Kier molecular flexibility index (Phi) is 1.35. The predicted molar refractivity (Wildman–Crippen MR) is 45.0 cm³/mol. The van der Waals surface area contributed by atoms with Crippen molar-refractivity contribution in [2.45, 2.75) is 0 Å². The highest BCUT2D eigenvalue weighted by atomic mass is 15.3. The number of aromatic amines is 1. The van der Waals surface area contributed by atoms with Gasteiger partial charge < -0.3 is 14.8 Å². The Balaban J connectivity index is 2.15. The van der Waals surface area contributed by atoms with Crippen LogP contribution in [-0.4, -0.2) is 23.6 Å². The lowest BCUT2D eigenvalue weighted by Crippen LogP contribution is -2.21. The summed E-state index contributed by atoms with van der Waals surface area (Å²) in [4.78, 5) is 7.43. The first-order valence-corrected chi connectivity index (χ1v) is 3.65. The van der Waals surface area contributed by atoms with Gasteiger partial charge in [-0.15, -0.1) is 0 Å². The Morgan fingerprint density at radius 2 is 2.36 bits per heavy atom. The van der Waals surface area contributed by atoms with Gasteiger partial charge in [0.15, 0.2) is 0 Å². The molecule has 0 fully saturated rings. The Morgan fingerprint density at radius 1 is 1.45 bits per heavy atom. The minimum Gasteiger partial charge on any atom is -0.361 e. The van der Waals surface area contributed by atoms with E-state index in [4.69, 9.17) is 0 Å². The number of hydrogen-bond acceptors (Lipinski definition) is 2. The lowest BCUT2D eigenvalue weighted by molar-refractivity contribution is 0.494. The molecule has 1 aromatic rings. The first-order chi connectivity index (χ1) is 5.36. The van der Waals surface area contributed by atoms with E-state index in [2.05, 4.69) is 40.3 Å². The minimum atomic E-state index is 0.931. The molecule has 1 N–H and O–H groups in total. The van der Waals surface area contributed by atoms with Crippen LogP contribution in [-0.2, 0) is 0 Å². The van der Waals surface area contributed by atoms with Gasteiger partial charge in [-0.25, -0.2) is 0 Å². The predicted octanol–water partition coefficient (Wildman–Crippen LogP) is 1.20. The molecular formula is C8H11N3. The zero-order valence-electron chi connectivity index (χ0n) is 6.49. The first kappa shape index (κ1) is 6.34. The topological polar surface area (TPSA) is 22.3 Å². The summed E-state index contributed by atoms with van der Waals surface area (Å²) >= 11 is 0. The van der Waals surface area contributed by atoms with Gasteiger partial charge >= 0.3 is 0 Å². The SMILES string of the molecule is CN1C=CN(c2ccc[nH]2)C1. The second-order valence-electron chi connectivity index (χ2n) is 2.72. The lowest BCUT2D eigenvalue weighted by atomic mass is 10.6. The van der Waals surface area contributed by atoms with Crippen molar-refractivity contribution in [2.75, 3.05) is 18.6 Å². The second kappa shape index (κ2) is 2.34. The van der Waals surface area contributed by atoms with Gasteiger partial charge in [-0.1, -0.05) is 0 Å². The molecule has 0 radical (unpaired) electrons. The van der Waals surface area contributed by atoms with Gasteiger partial charge in [0.25, 0.3) is 0 Å². The van der Waals surface area contributed by atoms with E-state index in [-0.39, 0.29) is 0 Å². The Morgan fingerprint density at radius 3 is 2.91 bits per heavy atom. The highest BCUT2D eigenvalue weighted by Crippen LogP contribution is 2.14. The Hall–Kier alpha value is -1.38. The molecule has 0 bridgehead atoms. The number of rotatable bonds is 1. The van der Waals surface area contributed by atoms with Gasteiger partial charge in [0.05, 0.1) is 6.67 Å². The molecule has 1 aromatic heterocycles. The molecule has 0 saturated heterocycles. The third kappa shape index (κ3) is 1.09. The molecule has 1 aliphatic heterocycles. The molecule has 0 aliphatic carbocycles. The number of nitrogens with one attached hydrogen (secondary N) is 1. The van der Waals surface area contributed by atoms with Crippen molar-refractivity contribution in [3.63, 3.8) is 0 Å². The quantitative estimate of drug-likeness (QED) is 0.648. The van der Waals surface area contributed by atoms with Crippen LogP contribution in [0.5, 0.6) is 0 Å². The molecule has 0 spiro atoms. The molecule has 11 heavy (non-hydrogen) atoms. The second-order valence-corrected chi connectivity index (χ2v) is 2.72. The average Bonchev–Trinajstić information content (AvgIpc) is 2.55. The molecular weight excluding hydrogens is 138 g/mol. The maximum absolute atomic E-state index is 3.15. The number of H-pyrrole nitrogens is 1. The number of hydrogen-bond donors (Lipinski definition) is 1. The van der Waals surface area contributed by atoms with E-state index in [1.54, 1.807) is 0 Å². The highest BCUT2D eigenvalue weighted by molar-refractivity contribution is 5.43. The zero-order chi connectivity index (χ0) is 7.68. The maximum Gasteiger partial charge on any atom is 0.111 e. The summed E-state index contributed by atoms with van der Waals surface area (Å²) < 4.78 is 0. The van der Waals surface area contributed by atoms with E-state index >= 15 is 0 Å². The van der Waals surface area contributed by atoms with Gasteiger partial charge in [0.2, 0.25) is 0 Å². The van der Waals surface area contributed by atoms with Crippen LogP contribution in [0, 0.1) is 0 Å². The van der Waals surface area contributed by atoms with E-state index in [0.717, 1.165) is 12.5 Å². The fourth-order valence-electron chi connectivity index (χ4n) is 1.18. The standard InChI is InChI=1S/C8H11N3/c1-10-5-6-11(7-10)8-3-2-4-9-8/h2-6,9H,7H2,1H3. The lowest BCUT2D eigenvalue weighted by Gasteiger charge is -2.15. The summed E-state index contributed by atoms with van der Waals surface area (Å²) in [7, 11) is 2.06. The molecule has 0 amide bonds. The van der Waals surface area contributed by atoms with Crippen LogP contribution in [0.15, 0.2) is 30.7 Å². The van der Waals surface area contributed by atoms with Crippen molar-refractivity contribution in [2.24, 2.45) is 0 Å². The zero-order valence-corrected chi connectivity index (χ0v) is 6.49. The van der Waals surface area contributed by atoms with E-state index in [1.807, 2.05) is 12.3 Å². The highest BCUT2D eigenvalue weighted by Gasteiger charge is 2.09. The molecule has 58 valence electrons. The van der Waals surface area contributed by atoms with Crippen LogP contribution in [0.3, 0.4) is 0 Å². The number of aromatic nitrogens is 1. The van der Waals surface area contributed by atoms with E-state index < -0.39 is 0 Å². The molecule has 3 heteroatoms.